The number of aromatic amines is 1. The Hall–Kier alpha value is -1.33. The van der Waals surface area contributed by atoms with Gasteiger partial charge in [0.2, 0.25) is 0 Å². The lowest BCUT2D eigenvalue weighted by Gasteiger charge is -1.98. The summed E-state index contributed by atoms with van der Waals surface area (Å²) in [7, 11) is -1.45. The molecule has 0 radical (unpaired) electrons. The molecule has 0 unspecified atom stereocenters. The summed E-state index contributed by atoms with van der Waals surface area (Å²) in [5.41, 5.74) is 1.12. The Kier molecular flexibility index (Phi) is 1.60. The third-order valence-corrected chi connectivity index (χ3v) is 1.79. The van der Waals surface area contributed by atoms with Crippen LogP contribution in [0.15, 0.2) is 24.4 Å². The molecule has 0 fully saturated rings. The normalized spacial score (nSPS) is 10.5. The molecule has 0 aliphatic carbocycles. The molecular formula is C7H7BN2O2. The summed E-state index contributed by atoms with van der Waals surface area (Å²) in [6, 6.07) is 5.25. The topological polar surface area (TPSA) is 69.1 Å². The minimum Gasteiger partial charge on any atom is -0.423 e. The molecule has 1 aromatic heterocycles. The molecule has 0 spiro atoms. The summed E-state index contributed by atoms with van der Waals surface area (Å²) in [5.74, 6) is 0. The molecule has 2 rings (SSSR count). The molecule has 0 bridgehead atoms. The Bertz CT molecular complexity index is 399. The zero-order chi connectivity index (χ0) is 8.55. The number of nitrogens with one attached hydrogen (secondary N) is 1. The van der Waals surface area contributed by atoms with Gasteiger partial charge in [0.15, 0.2) is 0 Å². The molecule has 0 aliphatic heterocycles. The zero-order valence-corrected chi connectivity index (χ0v) is 6.23. The molecule has 2 aromatic rings. The van der Waals surface area contributed by atoms with Crippen molar-refractivity contribution < 1.29 is 10.0 Å². The van der Waals surface area contributed by atoms with Crippen LogP contribution in [0, 0.1) is 0 Å². The monoisotopic (exact) mass is 162 g/mol. The number of H-pyrrole nitrogens is 1. The first-order valence-electron chi connectivity index (χ1n) is 3.57. The lowest BCUT2D eigenvalue weighted by atomic mass is 9.79. The van der Waals surface area contributed by atoms with Crippen molar-refractivity contribution in [1.29, 1.82) is 0 Å². The van der Waals surface area contributed by atoms with E-state index in [2.05, 4.69) is 10.2 Å². The summed E-state index contributed by atoms with van der Waals surface area (Å²) in [6.07, 6.45) is 1.64. The van der Waals surface area contributed by atoms with Crippen LogP contribution in [-0.4, -0.2) is 27.4 Å². The van der Waals surface area contributed by atoms with Crippen LogP contribution in [0.4, 0.5) is 0 Å². The second kappa shape index (κ2) is 2.62. The van der Waals surface area contributed by atoms with E-state index in [-0.39, 0.29) is 0 Å². The van der Waals surface area contributed by atoms with E-state index in [9.17, 15) is 0 Å². The van der Waals surface area contributed by atoms with Gasteiger partial charge in [-0.1, -0.05) is 18.2 Å². The van der Waals surface area contributed by atoms with Gasteiger partial charge in [0.05, 0.1) is 11.7 Å². The lowest BCUT2D eigenvalue weighted by molar-refractivity contribution is 0.426. The summed E-state index contributed by atoms with van der Waals surface area (Å²) in [6.45, 7) is 0. The van der Waals surface area contributed by atoms with Crippen LogP contribution >= 0.6 is 0 Å². The maximum atomic E-state index is 8.95. The van der Waals surface area contributed by atoms with Gasteiger partial charge in [-0.2, -0.15) is 5.10 Å². The first-order chi connectivity index (χ1) is 5.79. The molecule has 0 saturated heterocycles. The number of para-hydroxylation sites is 1. The third kappa shape index (κ3) is 0.994. The van der Waals surface area contributed by atoms with E-state index in [0.29, 0.717) is 11.0 Å². The van der Waals surface area contributed by atoms with Gasteiger partial charge in [-0.15, -0.1) is 0 Å². The minimum atomic E-state index is -1.45. The standard InChI is InChI=1S/C7H7BN2O2/c11-8(12)6-3-1-2-5-4-9-10-7(5)6/h1-4,11-12H,(H,9,10). The Balaban J connectivity index is 2.73. The minimum absolute atomic E-state index is 0.449. The van der Waals surface area contributed by atoms with E-state index < -0.39 is 7.12 Å². The van der Waals surface area contributed by atoms with E-state index in [1.54, 1.807) is 18.3 Å². The van der Waals surface area contributed by atoms with Crippen molar-refractivity contribution in [3.8, 4) is 0 Å². The number of nitrogens with zero attached hydrogens (tertiary/aromatic N) is 1. The summed E-state index contributed by atoms with van der Waals surface area (Å²) in [5, 5.41) is 25.3. The average Bonchev–Trinajstić information content (AvgIpc) is 2.49. The fraction of sp³-hybridized carbons (Fsp3) is 0. The van der Waals surface area contributed by atoms with E-state index in [0.717, 1.165) is 5.39 Å². The second-order valence-electron chi connectivity index (χ2n) is 2.56. The Morgan fingerprint density at radius 1 is 1.33 bits per heavy atom. The molecule has 1 aromatic carbocycles. The smallest absolute Gasteiger partial charge is 0.423 e. The number of rotatable bonds is 1. The Labute approximate surface area is 69.0 Å². The summed E-state index contributed by atoms with van der Waals surface area (Å²) >= 11 is 0. The van der Waals surface area contributed by atoms with E-state index >= 15 is 0 Å². The number of hydrogen-bond donors (Lipinski definition) is 3. The van der Waals surface area contributed by atoms with E-state index in [4.69, 9.17) is 10.0 Å². The van der Waals surface area contributed by atoms with Gasteiger partial charge in [0.1, 0.15) is 0 Å². The van der Waals surface area contributed by atoms with Gasteiger partial charge in [0, 0.05) is 10.8 Å². The fourth-order valence-corrected chi connectivity index (χ4v) is 1.21. The van der Waals surface area contributed by atoms with Crippen molar-refractivity contribution in [1.82, 2.24) is 10.2 Å². The average molecular weight is 162 g/mol. The van der Waals surface area contributed by atoms with Crippen molar-refractivity contribution in [3.05, 3.63) is 24.4 Å². The van der Waals surface area contributed by atoms with Gasteiger partial charge < -0.3 is 10.0 Å². The highest BCUT2D eigenvalue weighted by atomic mass is 16.4. The third-order valence-electron chi connectivity index (χ3n) is 1.79. The molecule has 12 heavy (non-hydrogen) atoms. The van der Waals surface area contributed by atoms with Crippen LogP contribution < -0.4 is 5.46 Å². The molecule has 0 atom stereocenters. The van der Waals surface area contributed by atoms with E-state index in [1.165, 1.54) is 0 Å². The Morgan fingerprint density at radius 2 is 2.17 bits per heavy atom. The van der Waals surface area contributed by atoms with Crippen LogP contribution in [0.3, 0.4) is 0 Å². The molecule has 0 aliphatic rings. The quantitative estimate of drug-likeness (QED) is 0.483. The van der Waals surface area contributed by atoms with Crippen molar-refractivity contribution in [3.63, 3.8) is 0 Å². The van der Waals surface area contributed by atoms with Crippen LogP contribution in [0.25, 0.3) is 10.9 Å². The van der Waals surface area contributed by atoms with Crippen molar-refractivity contribution in [2.45, 2.75) is 0 Å². The zero-order valence-electron chi connectivity index (χ0n) is 6.23. The molecular weight excluding hydrogens is 155 g/mol. The van der Waals surface area contributed by atoms with Crippen LogP contribution in [0.1, 0.15) is 0 Å². The second-order valence-corrected chi connectivity index (χ2v) is 2.56. The van der Waals surface area contributed by atoms with E-state index in [1.807, 2.05) is 6.07 Å². The van der Waals surface area contributed by atoms with Crippen molar-refractivity contribution >= 4 is 23.5 Å². The van der Waals surface area contributed by atoms with Gasteiger partial charge in [-0.05, 0) is 0 Å². The maximum absolute atomic E-state index is 8.95. The predicted molar refractivity (Wildman–Crippen MR) is 45.9 cm³/mol. The highest BCUT2D eigenvalue weighted by Gasteiger charge is 2.14. The maximum Gasteiger partial charge on any atom is 0.490 e. The molecule has 4 nitrogen and oxygen atoms in total. The van der Waals surface area contributed by atoms with Gasteiger partial charge in [0.25, 0.3) is 0 Å². The Morgan fingerprint density at radius 3 is 2.92 bits per heavy atom. The van der Waals surface area contributed by atoms with Crippen molar-refractivity contribution in [2.75, 3.05) is 0 Å². The van der Waals surface area contributed by atoms with Crippen LogP contribution in [0.5, 0.6) is 0 Å². The van der Waals surface area contributed by atoms with Crippen molar-refractivity contribution in [2.24, 2.45) is 0 Å². The number of aromatic nitrogens is 2. The number of benzene rings is 1. The molecule has 3 N–H and O–H groups in total. The number of hydrogen-bond acceptors (Lipinski definition) is 3. The SMILES string of the molecule is OB(O)c1cccc2cn[nH]c12. The fourth-order valence-electron chi connectivity index (χ4n) is 1.21. The molecule has 0 saturated carbocycles. The predicted octanol–water partition coefficient (Wildman–Crippen LogP) is -0.757. The highest BCUT2D eigenvalue weighted by molar-refractivity contribution is 6.61. The summed E-state index contributed by atoms with van der Waals surface area (Å²) < 4.78 is 0. The van der Waals surface area contributed by atoms with Gasteiger partial charge in [-0.3, -0.25) is 5.10 Å². The first kappa shape index (κ1) is 7.33. The molecule has 0 amide bonds. The molecule has 1 heterocycles. The van der Waals surface area contributed by atoms with Crippen LogP contribution in [-0.2, 0) is 0 Å². The largest absolute Gasteiger partial charge is 0.490 e. The van der Waals surface area contributed by atoms with Gasteiger partial charge >= 0.3 is 7.12 Å². The number of fused-ring (bicyclic) bond motifs is 1. The van der Waals surface area contributed by atoms with Crippen LogP contribution in [0.2, 0.25) is 0 Å². The highest BCUT2D eigenvalue weighted by Crippen LogP contribution is 2.06. The lowest BCUT2D eigenvalue weighted by Crippen LogP contribution is -2.30. The summed E-state index contributed by atoms with van der Waals surface area (Å²) in [4.78, 5) is 0. The molecule has 5 heteroatoms. The van der Waals surface area contributed by atoms with Gasteiger partial charge in [-0.25, -0.2) is 0 Å². The first-order valence-corrected chi connectivity index (χ1v) is 3.57. The molecule has 60 valence electrons.